The quantitative estimate of drug-likeness (QED) is 0.531. The highest BCUT2D eigenvalue weighted by Gasteiger charge is 2.07. The van der Waals surface area contributed by atoms with Gasteiger partial charge in [-0.15, -0.1) is 5.10 Å². The number of nitrogens with one attached hydrogen (secondary N) is 1. The molecule has 2 aromatic rings. The zero-order valence-corrected chi connectivity index (χ0v) is 7.68. The fraction of sp³-hybridized carbons (Fsp3) is 0.111. The van der Waals surface area contributed by atoms with E-state index in [1.807, 2.05) is 30.3 Å². The van der Waals surface area contributed by atoms with Crippen molar-refractivity contribution in [3.63, 3.8) is 0 Å². The molecule has 2 rings (SSSR count). The van der Waals surface area contributed by atoms with Gasteiger partial charge in [0.2, 0.25) is 0 Å². The third-order valence-corrected chi connectivity index (χ3v) is 1.88. The summed E-state index contributed by atoms with van der Waals surface area (Å²) in [5.74, 6) is 0.895. The maximum absolute atomic E-state index is 7.85. The van der Waals surface area contributed by atoms with Crippen LogP contribution in [-0.4, -0.2) is 26.0 Å². The van der Waals surface area contributed by atoms with Crippen molar-refractivity contribution in [1.29, 1.82) is 5.41 Å². The SMILES string of the molecule is Cc1nnnn1C(=N)c1ccccc1. The van der Waals surface area contributed by atoms with E-state index in [2.05, 4.69) is 15.5 Å². The Hall–Kier alpha value is -2.04. The summed E-state index contributed by atoms with van der Waals surface area (Å²) in [7, 11) is 0. The van der Waals surface area contributed by atoms with E-state index in [4.69, 9.17) is 5.41 Å². The lowest BCUT2D eigenvalue weighted by atomic mass is 10.2. The van der Waals surface area contributed by atoms with Gasteiger partial charge in [0, 0.05) is 5.56 Å². The van der Waals surface area contributed by atoms with Gasteiger partial charge in [0.25, 0.3) is 0 Å². The minimum Gasteiger partial charge on any atom is -0.282 e. The highest BCUT2D eigenvalue weighted by molar-refractivity contribution is 5.97. The molecule has 0 saturated heterocycles. The van der Waals surface area contributed by atoms with E-state index in [1.165, 1.54) is 4.68 Å². The second-order valence-electron chi connectivity index (χ2n) is 2.85. The summed E-state index contributed by atoms with van der Waals surface area (Å²) < 4.78 is 1.40. The van der Waals surface area contributed by atoms with Crippen molar-refractivity contribution in [3.05, 3.63) is 41.7 Å². The van der Waals surface area contributed by atoms with Crippen LogP contribution in [0.2, 0.25) is 0 Å². The third kappa shape index (κ3) is 1.39. The van der Waals surface area contributed by atoms with Crippen LogP contribution >= 0.6 is 0 Å². The van der Waals surface area contributed by atoms with Crippen molar-refractivity contribution < 1.29 is 0 Å². The first-order valence-electron chi connectivity index (χ1n) is 4.18. The van der Waals surface area contributed by atoms with Crippen molar-refractivity contribution in [1.82, 2.24) is 20.2 Å². The summed E-state index contributed by atoms with van der Waals surface area (Å²) in [5, 5.41) is 18.8. The molecule has 0 unspecified atom stereocenters. The number of aryl methyl sites for hydroxylation is 1. The van der Waals surface area contributed by atoms with Crippen LogP contribution in [0.15, 0.2) is 30.3 Å². The van der Waals surface area contributed by atoms with Gasteiger partial charge >= 0.3 is 0 Å². The molecule has 1 aromatic carbocycles. The number of tetrazole rings is 1. The predicted octanol–water partition coefficient (Wildman–Crippen LogP) is 0.855. The van der Waals surface area contributed by atoms with E-state index in [-0.39, 0.29) is 5.84 Å². The van der Waals surface area contributed by atoms with Crippen LogP contribution in [0.25, 0.3) is 0 Å². The zero-order valence-electron chi connectivity index (χ0n) is 7.68. The molecule has 1 N–H and O–H groups in total. The molecular formula is C9H9N5. The minimum atomic E-state index is 0.285. The number of hydrogen-bond donors (Lipinski definition) is 1. The number of rotatable bonds is 1. The lowest BCUT2D eigenvalue weighted by molar-refractivity contribution is 0.809. The average Bonchev–Trinajstić information content (AvgIpc) is 2.65. The largest absolute Gasteiger partial charge is 0.282 e. The molecule has 1 aromatic heterocycles. The van der Waals surface area contributed by atoms with Gasteiger partial charge in [-0.3, -0.25) is 5.41 Å². The zero-order chi connectivity index (χ0) is 9.97. The Kier molecular flexibility index (Phi) is 2.06. The van der Waals surface area contributed by atoms with Gasteiger partial charge < -0.3 is 0 Å². The number of aromatic nitrogens is 4. The van der Waals surface area contributed by atoms with Crippen LogP contribution in [0.5, 0.6) is 0 Å². The van der Waals surface area contributed by atoms with E-state index in [0.29, 0.717) is 5.82 Å². The maximum Gasteiger partial charge on any atom is 0.157 e. The highest BCUT2D eigenvalue weighted by atomic mass is 15.5. The van der Waals surface area contributed by atoms with Crippen molar-refractivity contribution in [2.45, 2.75) is 6.92 Å². The van der Waals surface area contributed by atoms with Crippen LogP contribution in [0.4, 0.5) is 0 Å². The van der Waals surface area contributed by atoms with Gasteiger partial charge in [-0.2, -0.15) is 4.68 Å². The summed E-state index contributed by atoms with van der Waals surface area (Å²) in [6.45, 7) is 1.76. The first-order chi connectivity index (χ1) is 6.79. The van der Waals surface area contributed by atoms with Crippen molar-refractivity contribution in [3.8, 4) is 0 Å². The van der Waals surface area contributed by atoms with E-state index in [0.717, 1.165) is 5.56 Å². The van der Waals surface area contributed by atoms with Gasteiger partial charge in [-0.1, -0.05) is 30.3 Å². The molecule has 0 aliphatic rings. The fourth-order valence-electron chi connectivity index (χ4n) is 1.16. The molecule has 0 radical (unpaired) electrons. The van der Waals surface area contributed by atoms with E-state index >= 15 is 0 Å². The third-order valence-electron chi connectivity index (χ3n) is 1.88. The second kappa shape index (κ2) is 3.37. The molecule has 70 valence electrons. The Morgan fingerprint density at radius 2 is 2.00 bits per heavy atom. The molecule has 0 aliphatic carbocycles. The van der Waals surface area contributed by atoms with E-state index in [1.54, 1.807) is 6.92 Å². The highest BCUT2D eigenvalue weighted by Crippen LogP contribution is 2.01. The Bertz CT molecular complexity index is 445. The second-order valence-corrected chi connectivity index (χ2v) is 2.85. The summed E-state index contributed by atoms with van der Waals surface area (Å²) >= 11 is 0. The topological polar surface area (TPSA) is 67.5 Å². The van der Waals surface area contributed by atoms with Gasteiger partial charge in [0.15, 0.2) is 11.7 Å². The molecule has 0 atom stereocenters. The van der Waals surface area contributed by atoms with Crippen LogP contribution < -0.4 is 0 Å². The molecule has 0 amide bonds. The molecule has 0 saturated carbocycles. The van der Waals surface area contributed by atoms with Gasteiger partial charge in [-0.05, 0) is 17.4 Å². The van der Waals surface area contributed by atoms with Crippen LogP contribution in [-0.2, 0) is 0 Å². The predicted molar refractivity (Wildman–Crippen MR) is 51.2 cm³/mol. The maximum atomic E-state index is 7.85. The molecule has 14 heavy (non-hydrogen) atoms. The molecular weight excluding hydrogens is 178 g/mol. The number of hydrogen-bond acceptors (Lipinski definition) is 4. The first kappa shape index (κ1) is 8.55. The standard InChI is InChI=1S/C9H9N5/c1-7-11-12-13-14(7)9(10)8-5-3-2-4-6-8/h2-6,10H,1H3. The van der Waals surface area contributed by atoms with Crippen molar-refractivity contribution in [2.75, 3.05) is 0 Å². The first-order valence-corrected chi connectivity index (χ1v) is 4.18. The molecule has 0 aliphatic heterocycles. The lowest BCUT2D eigenvalue weighted by Crippen LogP contribution is -2.15. The summed E-state index contributed by atoms with van der Waals surface area (Å²) in [4.78, 5) is 0. The van der Waals surface area contributed by atoms with E-state index in [9.17, 15) is 0 Å². The lowest BCUT2D eigenvalue weighted by Gasteiger charge is -2.02. The van der Waals surface area contributed by atoms with Crippen molar-refractivity contribution in [2.24, 2.45) is 0 Å². The summed E-state index contributed by atoms with van der Waals surface area (Å²) in [6.07, 6.45) is 0. The number of benzene rings is 1. The normalized spacial score (nSPS) is 10.1. The van der Waals surface area contributed by atoms with Crippen LogP contribution in [0.1, 0.15) is 11.4 Å². The minimum absolute atomic E-state index is 0.285. The Labute approximate surface area is 80.9 Å². The molecule has 0 spiro atoms. The van der Waals surface area contributed by atoms with Gasteiger partial charge in [-0.25, -0.2) is 0 Å². The Balaban J connectivity index is 2.39. The fourth-order valence-corrected chi connectivity index (χ4v) is 1.16. The molecule has 5 nitrogen and oxygen atoms in total. The summed E-state index contributed by atoms with van der Waals surface area (Å²) in [5.41, 5.74) is 0.794. The average molecular weight is 187 g/mol. The molecule has 0 fully saturated rings. The van der Waals surface area contributed by atoms with E-state index < -0.39 is 0 Å². The molecule has 0 bridgehead atoms. The van der Waals surface area contributed by atoms with Crippen LogP contribution in [0, 0.1) is 12.3 Å². The summed E-state index contributed by atoms with van der Waals surface area (Å²) in [6, 6.07) is 9.36. The van der Waals surface area contributed by atoms with Gasteiger partial charge in [0.1, 0.15) is 0 Å². The Morgan fingerprint density at radius 1 is 1.29 bits per heavy atom. The molecule has 1 heterocycles. The monoisotopic (exact) mass is 187 g/mol. The van der Waals surface area contributed by atoms with Crippen LogP contribution in [0.3, 0.4) is 0 Å². The molecule has 5 heteroatoms. The van der Waals surface area contributed by atoms with Gasteiger partial charge in [0.05, 0.1) is 0 Å². The van der Waals surface area contributed by atoms with Crippen molar-refractivity contribution >= 4 is 5.84 Å². The Morgan fingerprint density at radius 3 is 2.57 bits per heavy atom. The number of nitrogens with zero attached hydrogens (tertiary/aromatic N) is 4. The smallest absolute Gasteiger partial charge is 0.157 e.